The number of nitrogens with zero attached hydrogens (tertiary/aromatic N) is 2. The molecule has 0 radical (unpaired) electrons. The summed E-state index contributed by atoms with van der Waals surface area (Å²) in [6.07, 6.45) is -0.809. The highest BCUT2D eigenvalue weighted by Gasteiger charge is 2.47. The van der Waals surface area contributed by atoms with Crippen molar-refractivity contribution in [2.75, 3.05) is 27.2 Å². The Morgan fingerprint density at radius 2 is 2.00 bits per heavy atom. The molecular formula is C11H18N2O3. The summed E-state index contributed by atoms with van der Waals surface area (Å²) in [5.74, 6) is -0.971. The standard InChI is InChI=1S/C11H18N2O3/c1-7(2)16-11-8(9(14)10(11)15)12-5-6-13(3)4/h7,11H,5-6H2,1-4H3/t11-/m1/s1. The highest BCUT2D eigenvalue weighted by molar-refractivity contribution is 6.79. The number of carbonyl (C=O) groups excluding carboxylic acids is 2. The van der Waals surface area contributed by atoms with Crippen LogP contribution in [0, 0.1) is 0 Å². The molecule has 0 aromatic rings. The Morgan fingerprint density at radius 3 is 2.50 bits per heavy atom. The Labute approximate surface area is 95.5 Å². The van der Waals surface area contributed by atoms with Crippen molar-refractivity contribution >= 4 is 17.3 Å². The zero-order chi connectivity index (χ0) is 12.3. The monoisotopic (exact) mass is 226 g/mol. The summed E-state index contributed by atoms with van der Waals surface area (Å²) in [6.45, 7) is 4.92. The number of rotatable bonds is 5. The van der Waals surface area contributed by atoms with E-state index in [9.17, 15) is 9.59 Å². The molecule has 1 atom stereocenters. The summed E-state index contributed by atoms with van der Waals surface area (Å²) in [6, 6.07) is 0. The molecule has 0 amide bonds. The smallest absolute Gasteiger partial charge is 0.248 e. The van der Waals surface area contributed by atoms with E-state index in [2.05, 4.69) is 4.99 Å². The molecule has 0 N–H and O–H groups in total. The molecule has 1 saturated carbocycles. The average Bonchev–Trinajstić information content (AvgIpc) is 2.20. The summed E-state index contributed by atoms with van der Waals surface area (Å²) in [4.78, 5) is 28.6. The van der Waals surface area contributed by atoms with E-state index in [0.717, 1.165) is 6.54 Å². The van der Waals surface area contributed by atoms with Crippen LogP contribution in [0.2, 0.25) is 0 Å². The van der Waals surface area contributed by atoms with Crippen molar-refractivity contribution in [2.45, 2.75) is 26.1 Å². The largest absolute Gasteiger partial charge is 0.361 e. The van der Waals surface area contributed by atoms with Gasteiger partial charge in [0.05, 0.1) is 12.6 Å². The van der Waals surface area contributed by atoms with Gasteiger partial charge < -0.3 is 9.64 Å². The van der Waals surface area contributed by atoms with Gasteiger partial charge in [-0.25, -0.2) is 0 Å². The van der Waals surface area contributed by atoms with E-state index in [1.807, 2.05) is 32.8 Å². The van der Waals surface area contributed by atoms with Gasteiger partial charge in [0.15, 0.2) is 6.10 Å². The van der Waals surface area contributed by atoms with Crippen LogP contribution in [0.1, 0.15) is 13.8 Å². The first-order chi connectivity index (χ1) is 7.43. The molecule has 1 rings (SSSR count). The maximum Gasteiger partial charge on any atom is 0.248 e. The van der Waals surface area contributed by atoms with Crippen LogP contribution in [-0.4, -0.2) is 61.6 Å². The molecule has 5 heteroatoms. The summed E-state index contributed by atoms with van der Waals surface area (Å²) in [7, 11) is 3.85. The van der Waals surface area contributed by atoms with Gasteiger partial charge in [-0.2, -0.15) is 0 Å². The van der Waals surface area contributed by atoms with Gasteiger partial charge in [0.2, 0.25) is 11.6 Å². The zero-order valence-corrected chi connectivity index (χ0v) is 10.2. The van der Waals surface area contributed by atoms with E-state index in [-0.39, 0.29) is 11.8 Å². The number of Topliss-reactive ketones (excluding diaryl/α,β-unsaturated/α-hetero) is 2. The Hall–Kier alpha value is -1.07. The predicted octanol–water partition coefficient (Wildman–Crippen LogP) is -0.0656. The second-order valence-corrected chi connectivity index (χ2v) is 4.33. The van der Waals surface area contributed by atoms with Crippen molar-refractivity contribution < 1.29 is 14.3 Å². The summed E-state index contributed by atoms with van der Waals surface area (Å²) in [5, 5.41) is 0. The van der Waals surface area contributed by atoms with Gasteiger partial charge >= 0.3 is 0 Å². The second kappa shape index (κ2) is 5.32. The van der Waals surface area contributed by atoms with E-state index in [1.54, 1.807) is 0 Å². The fourth-order valence-electron chi connectivity index (χ4n) is 1.33. The van der Waals surface area contributed by atoms with Crippen LogP contribution in [-0.2, 0) is 14.3 Å². The number of likely N-dealkylation sites (N-methyl/N-ethyl adjacent to an activating group) is 1. The molecule has 1 aliphatic rings. The van der Waals surface area contributed by atoms with Crippen LogP contribution in [0.4, 0.5) is 0 Å². The average molecular weight is 226 g/mol. The van der Waals surface area contributed by atoms with Gasteiger partial charge in [-0.1, -0.05) is 0 Å². The molecule has 0 aliphatic heterocycles. The third kappa shape index (κ3) is 2.96. The maximum atomic E-state index is 11.3. The van der Waals surface area contributed by atoms with Crippen LogP contribution in [0.5, 0.6) is 0 Å². The van der Waals surface area contributed by atoms with E-state index in [0.29, 0.717) is 6.54 Å². The SMILES string of the molecule is CC(C)O[C@H]1C(=O)C(=O)C1=NCCN(C)C. The van der Waals surface area contributed by atoms with E-state index < -0.39 is 17.7 Å². The number of ketones is 2. The molecule has 0 heterocycles. The molecule has 0 saturated heterocycles. The normalized spacial score (nSPS) is 23.4. The molecule has 16 heavy (non-hydrogen) atoms. The van der Waals surface area contributed by atoms with Crippen LogP contribution in [0.25, 0.3) is 0 Å². The molecule has 0 unspecified atom stereocenters. The van der Waals surface area contributed by atoms with Crippen LogP contribution in [0.3, 0.4) is 0 Å². The third-order valence-corrected chi connectivity index (χ3v) is 2.18. The van der Waals surface area contributed by atoms with Crippen molar-refractivity contribution in [1.82, 2.24) is 4.90 Å². The van der Waals surface area contributed by atoms with E-state index in [4.69, 9.17) is 4.74 Å². The number of hydrogen-bond acceptors (Lipinski definition) is 5. The first-order valence-corrected chi connectivity index (χ1v) is 5.36. The highest BCUT2D eigenvalue weighted by Crippen LogP contribution is 2.14. The van der Waals surface area contributed by atoms with Crippen molar-refractivity contribution in [3.8, 4) is 0 Å². The molecular weight excluding hydrogens is 208 g/mol. The number of hydrogen-bond donors (Lipinski definition) is 0. The lowest BCUT2D eigenvalue weighted by atomic mass is 9.89. The molecule has 0 bridgehead atoms. The molecule has 0 aromatic heterocycles. The van der Waals surface area contributed by atoms with Crippen LogP contribution < -0.4 is 0 Å². The van der Waals surface area contributed by atoms with Crippen molar-refractivity contribution in [3.63, 3.8) is 0 Å². The van der Waals surface area contributed by atoms with Gasteiger partial charge in [0.1, 0.15) is 5.71 Å². The highest BCUT2D eigenvalue weighted by atomic mass is 16.5. The molecule has 0 aromatic carbocycles. The zero-order valence-electron chi connectivity index (χ0n) is 10.2. The Kier molecular flexibility index (Phi) is 4.32. The minimum Gasteiger partial charge on any atom is -0.361 e. The number of ether oxygens (including phenoxy) is 1. The van der Waals surface area contributed by atoms with Gasteiger partial charge in [0.25, 0.3) is 0 Å². The van der Waals surface area contributed by atoms with Gasteiger partial charge in [-0.15, -0.1) is 0 Å². The first kappa shape index (κ1) is 13.0. The van der Waals surface area contributed by atoms with Gasteiger partial charge in [-0.05, 0) is 27.9 Å². The van der Waals surface area contributed by atoms with E-state index in [1.165, 1.54) is 0 Å². The minimum atomic E-state index is -0.727. The van der Waals surface area contributed by atoms with Gasteiger partial charge in [0, 0.05) is 6.54 Å². The van der Waals surface area contributed by atoms with E-state index >= 15 is 0 Å². The van der Waals surface area contributed by atoms with Gasteiger partial charge in [-0.3, -0.25) is 14.6 Å². The molecule has 0 spiro atoms. The predicted molar refractivity (Wildman–Crippen MR) is 60.9 cm³/mol. The lowest BCUT2D eigenvalue weighted by Crippen LogP contribution is -2.56. The van der Waals surface area contributed by atoms with Crippen molar-refractivity contribution in [2.24, 2.45) is 4.99 Å². The summed E-state index contributed by atoms with van der Waals surface area (Å²) >= 11 is 0. The lowest BCUT2D eigenvalue weighted by Gasteiger charge is -2.27. The third-order valence-electron chi connectivity index (χ3n) is 2.18. The molecule has 5 nitrogen and oxygen atoms in total. The summed E-state index contributed by atoms with van der Waals surface area (Å²) < 4.78 is 5.32. The lowest BCUT2D eigenvalue weighted by molar-refractivity contribution is -0.144. The Balaban J connectivity index is 2.56. The topological polar surface area (TPSA) is 59.0 Å². The van der Waals surface area contributed by atoms with Crippen LogP contribution >= 0.6 is 0 Å². The maximum absolute atomic E-state index is 11.3. The van der Waals surface area contributed by atoms with Crippen molar-refractivity contribution in [3.05, 3.63) is 0 Å². The molecule has 1 aliphatic carbocycles. The second-order valence-electron chi connectivity index (χ2n) is 4.33. The Morgan fingerprint density at radius 1 is 1.38 bits per heavy atom. The molecule has 1 fully saturated rings. The molecule has 90 valence electrons. The first-order valence-electron chi connectivity index (χ1n) is 5.36. The fraction of sp³-hybridized carbons (Fsp3) is 0.727. The van der Waals surface area contributed by atoms with Crippen molar-refractivity contribution in [1.29, 1.82) is 0 Å². The quantitative estimate of drug-likeness (QED) is 0.616. The number of carbonyl (C=O) groups is 2. The van der Waals surface area contributed by atoms with Crippen LogP contribution in [0.15, 0.2) is 4.99 Å². The fourth-order valence-corrected chi connectivity index (χ4v) is 1.33. The minimum absolute atomic E-state index is 0.0823. The number of aliphatic imine (C=N–C) groups is 1. The Bertz CT molecular complexity index is 321. The summed E-state index contributed by atoms with van der Waals surface area (Å²) in [5.41, 5.74) is 0.278.